The SMILES string of the molecule is O=S(=O)(Nc1ccc(Nc2ccc(-n3cccn3)nn2)cc1)c1ccc(Br)cc1. The van der Waals surface area contributed by atoms with Gasteiger partial charge in [0.25, 0.3) is 10.0 Å². The number of rotatable bonds is 6. The first kappa shape index (κ1) is 19.1. The van der Waals surface area contributed by atoms with Crippen molar-refractivity contribution in [3.8, 4) is 5.82 Å². The second kappa shape index (κ2) is 8.02. The first-order valence-corrected chi connectivity index (χ1v) is 10.8. The Kier molecular flexibility index (Phi) is 5.28. The van der Waals surface area contributed by atoms with E-state index < -0.39 is 10.0 Å². The van der Waals surface area contributed by atoms with Crippen LogP contribution in [0.4, 0.5) is 17.2 Å². The van der Waals surface area contributed by atoms with Crippen LogP contribution in [0, 0.1) is 0 Å². The third-order valence-electron chi connectivity index (χ3n) is 3.92. The molecule has 2 aromatic heterocycles. The van der Waals surface area contributed by atoms with Gasteiger partial charge in [0.15, 0.2) is 11.6 Å². The van der Waals surface area contributed by atoms with Crippen LogP contribution in [0.5, 0.6) is 0 Å². The molecule has 0 saturated heterocycles. The predicted octanol–water partition coefficient (Wildman–Crippen LogP) is 3.97. The van der Waals surface area contributed by atoms with Crippen LogP contribution in [-0.4, -0.2) is 28.4 Å². The maximum absolute atomic E-state index is 12.5. The molecule has 0 aliphatic heterocycles. The van der Waals surface area contributed by atoms with Crippen molar-refractivity contribution < 1.29 is 8.42 Å². The Bertz CT molecular complexity index is 1190. The Morgan fingerprint density at radius 2 is 1.59 bits per heavy atom. The molecule has 0 fully saturated rings. The molecule has 8 nitrogen and oxygen atoms in total. The zero-order valence-electron chi connectivity index (χ0n) is 14.9. The first-order valence-electron chi connectivity index (χ1n) is 8.49. The minimum Gasteiger partial charge on any atom is -0.339 e. The Morgan fingerprint density at radius 1 is 0.862 bits per heavy atom. The molecule has 2 aromatic carbocycles. The largest absolute Gasteiger partial charge is 0.339 e. The molecule has 0 unspecified atom stereocenters. The number of aromatic nitrogens is 4. The van der Waals surface area contributed by atoms with Crippen molar-refractivity contribution in [1.29, 1.82) is 0 Å². The minimum atomic E-state index is -3.65. The number of benzene rings is 2. The van der Waals surface area contributed by atoms with E-state index in [1.807, 2.05) is 0 Å². The summed E-state index contributed by atoms with van der Waals surface area (Å²) in [5, 5.41) is 15.5. The van der Waals surface area contributed by atoms with Gasteiger partial charge in [-0.3, -0.25) is 4.72 Å². The summed E-state index contributed by atoms with van der Waals surface area (Å²) in [6.45, 7) is 0. The Morgan fingerprint density at radius 3 is 2.21 bits per heavy atom. The van der Waals surface area contributed by atoms with E-state index in [0.29, 0.717) is 17.3 Å². The van der Waals surface area contributed by atoms with Crippen LogP contribution in [0.2, 0.25) is 0 Å². The first-order chi connectivity index (χ1) is 14.0. The molecule has 0 spiro atoms. The fourth-order valence-electron chi connectivity index (χ4n) is 2.52. The number of anilines is 3. The van der Waals surface area contributed by atoms with Crippen LogP contribution < -0.4 is 10.0 Å². The van der Waals surface area contributed by atoms with Gasteiger partial charge in [-0.05, 0) is 66.7 Å². The quantitative estimate of drug-likeness (QED) is 0.441. The van der Waals surface area contributed by atoms with Crippen LogP contribution in [-0.2, 0) is 10.0 Å². The molecule has 29 heavy (non-hydrogen) atoms. The van der Waals surface area contributed by atoms with Gasteiger partial charge in [-0.1, -0.05) is 15.9 Å². The highest BCUT2D eigenvalue weighted by atomic mass is 79.9. The number of nitrogens with one attached hydrogen (secondary N) is 2. The lowest BCUT2D eigenvalue weighted by atomic mass is 10.3. The van der Waals surface area contributed by atoms with Gasteiger partial charge in [0.05, 0.1) is 4.90 Å². The summed E-state index contributed by atoms with van der Waals surface area (Å²) in [5.74, 6) is 1.17. The lowest BCUT2D eigenvalue weighted by molar-refractivity contribution is 0.601. The average molecular weight is 471 g/mol. The summed E-state index contributed by atoms with van der Waals surface area (Å²) in [4.78, 5) is 0.190. The number of halogens is 1. The number of nitrogens with zero attached hydrogens (tertiary/aromatic N) is 4. The number of hydrogen-bond donors (Lipinski definition) is 2. The molecular formula is C19H15BrN6O2S. The zero-order valence-corrected chi connectivity index (χ0v) is 17.3. The van der Waals surface area contributed by atoms with Gasteiger partial charge < -0.3 is 5.32 Å². The molecule has 0 radical (unpaired) electrons. The van der Waals surface area contributed by atoms with Gasteiger partial charge in [-0.25, -0.2) is 13.1 Å². The van der Waals surface area contributed by atoms with E-state index in [4.69, 9.17) is 0 Å². The van der Waals surface area contributed by atoms with E-state index in [1.165, 1.54) is 12.1 Å². The van der Waals surface area contributed by atoms with Gasteiger partial charge in [0.2, 0.25) is 0 Å². The Balaban J connectivity index is 1.43. The van der Waals surface area contributed by atoms with Crippen molar-refractivity contribution in [2.24, 2.45) is 0 Å². The molecule has 0 aliphatic carbocycles. The summed E-state index contributed by atoms with van der Waals surface area (Å²) in [6, 6.07) is 18.7. The second-order valence-corrected chi connectivity index (χ2v) is 8.59. The van der Waals surface area contributed by atoms with Gasteiger partial charge in [0.1, 0.15) is 0 Å². The Labute approximate surface area is 175 Å². The second-order valence-electron chi connectivity index (χ2n) is 5.99. The smallest absolute Gasteiger partial charge is 0.261 e. The third-order valence-corrected chi connectivity index (χ3v) is 5.85. The van der Waals surface area contributed by atoms with Crippen LogP contribution in [0.15, 0.2) is 88.5 Å². The molecule has 0 aliphatic rings. The van der Waals surface area contributed by atoms with Crippen molar-refractivity contribution in [2.75, 3.05) is 10.0 Å². The molecule has 2 N–H and O–H groups in total. The Hall–Kier alpha value is -3.24. The van der Waals surface area contributed by atoms with Gasteiger partial charge >= 0.3 is 0 Å². The average Bonchev–Trinajstić information content (AvgIpc) is 3.25. The van der Waals surface area contributed by atoms with Crippen molar-refractivity contribution in [3.63, 3.8) is 0 Å². The lowest BCUT2D eigenvalue weighted by Gasteiger charge is -2.10. The van der Waals surface area contributed by atoms with E-state index in [2.05, 4.69) is 41.3 Å². The van der Waals surface area contributed by atoms with Crippen LogP contribution in [0.3, 0.4) is 0 Å². The van der Waals surface area contributed by atoms with Crippen LogP contribution in [0.1, 0.15) is 0 Å². The molecule has 2 heterocycles. The van der Waals surface area contributed by atoms with E-state index in [1.54, 1.807) is 71.7 Å². The van der Waals surface area contributed by atoms with Crippen molar-refractivity contribution in [3.05, 3.63) is 83.6 Å². The zero-order chi connectivity index (χ0) is 20.3. The number of hydrogen-bond acceptors (Lipinski definition) is 6. The number of sulfonamides is 1. The van der Waals surface area contributed by atoms with Crippen LogP contribution in [0.25, 0.3) is 5.82 Å². The molecule has 0 saturated carbocycles. The fourth-order valence-corrected chi connectivity index (χ4v) is 3.84. The molecule has 0 bridgehead atoms. The molecule has 0 atom stereocenters. The van der Waals surface area contributed by atoms with E-state index >= 15 is 0 Å². The predicted molar refractivity (Wildman–Crippen MR) is 114 cm³/mol. The summed E-state index contributed by atoms with van der Waals surface area (Å²) in [5.41, 5.74) is 1.20. The van der Waals surface area contributed by atoms with Crippen LogP contribution >= 0.6 is 15.9 Å². The van der Waals surface area contributed by atoms with Crippen molar-refractivity contribution >= 4 is 43.1 Å². The van der Waals surface area contributed by atoms with Gasteiger partial charge in [0, 0.05) is 28.2 Å². The molecule has 0 amide bonds. The minimum absolute atomic E-state index is 0.190. The van der Waals surface area contributed by atoms with Crippen molar-refractivity contribution in [1.82, 2.24) is 20.0 Å². The summed E-state index contributed by atoms with van der Waals surface area (Å²) < 4.78 is 29.9. The maximum atomic E-state index is 12.5. The normalized spacial score (nSPS) is 11.2. The van der Waals surface area contributed by atoms with E-state index in [0.717, 1.165) is 10.2 Å². The standard InChI is InChI=1S/C19H15BrN6O2S/c20-14-2-8-17(9-3-14)29(27,28)25-16-6-4-15(5-7-16)22-18-10-11-19(24-23-18)26-13-1-12-21-26/h1-13,25H,(H,22,23). The fraction of sp³-hybridized carbons (Fsp3) is 0. The third kappa shape index (κ3) is 4.61. The highest BCUT2D eigenvalue weighted by molar-refractivity contribution is 9.10. The molecular weight excluding hydrogens is 456 g/mol. The molecule has 4 rings (SSSR count). The monoisotopic (exact) mass is 470 g/mol. The topological polar surface area (TPSA) is 102 Å². The van der Waals surface area contributed by atoms with E-state index in [-0.39, 0.29) is 4.90 Å². The molecule has 4 aromatic rings. The highest BCUT2D eigenvalue weighted by Crippen LogP contribution is 2.21. The highest BCUT2D eigenvalue weighted by Gasteiger charge is 2.13. The van der Waals surface area contributed by atoms with Gasteiger partial charge in [-0.2, -0.15) is 5.10 Å². The lowest BCUT2D eigenvalue weighted by Crippen LogP contribution is -2.12. The maximum Gasteiger partial charge on any atom is 0.261 e. The van der Waals surface area contributed by atoms with Gasteiger partial charge in [-0.15, -0.1) is 10.2 Å². The van der Waals surface area contributed by atoms with E-state index in [9.17, 15) is 8.42 Å². The molecule has 146 valence electrons. The summed E-state index contributed by atoms with van der Waals surface area (Å²) in [7, 11) is -3.65. The summed E-state index contributed by atoms with van der Waals surface area (Å²) in [6.07, 6.45) is 3.45. The summed E-state index contributed by atoms with van der Waals surface area (Å²) >= 11 is 3.29. The molecule has 10 heteroatoms. The van der Waals surface area contributed by atoms with Crippen molar-refractivity contribution in [2.45, 2.75) is 4.90 Å².